The van der Waals surface area contributed by atoms with E-state index in [4.69, 9.17) is 16.9 Å². The van der Waals surface area contributed by atoms with E-state index in [1.54, 1.807) is 36.1 Å². The van der Waals surface area contributed by atoms with Gasteiger partial charge in [0.1, 0.15) is 11.5 Å². The molecule has 0 aliphatic heterocycles. The maximum atomic E-state index is 14.4. The molecule has 12 heteroatoms. The van der Waals surface area contributed by atoms with E-state index in [-0.39, 0.29) is 23.0 Å². The molecule has 0 saturated heterocycles. The molecule has 1 aromatic carbocycles. The van der Waals surface area contributed by atoms with Gasteiger partial charge in [0, 0.05) is 16.8 Å². The van der Waals surface area contributed by atoms with Gasteiger partial charge in [-0.1, -0.05) is 11.6 Å². The van der Waals surface area contributed by atoms with Crippen LogP contribution in [0.4, 0.5) is 15.2 Å². The molecule has 0 bridgehead atoms. The molecule has 0 aliphatic rings. The average Bonchev–Trinajstić information content (AvgIpc) is 3.08. The Kier molecular flexibility index (Phi) is 6.54. The van der Waals surface area contributed by atoms with E-state index in [2.05, 4.69) is 9.97 Å². The van der Waals surface area contributed by atoms with E-state index in [9.17, 15) is 17.6 Å². The number of halogens is 2. The maximum absolute atomic E-state index is 14.4. The smallest absolute Gasteiger partial charge is 0.284 e. The standard InChI is InChI=1S/C19H15ClFN5O3S2/c1-11-17(18(27)25-31(2,28)29)24-19(30-11)26(14-5-3-12(8-22)4-6-14)10-16-15(21)7-13(20)9-23-16/h3-7,9H,10H2,1-2H3,(H,25,27). The zero-order chi connectivity index (χ0) is 22.8. The number of nitriles is 1. The molecule has 2 heterocycles. The lowest BCUT2D eigenvalue weighted by Gasteiger charge is -2.22. The van der Waals surface area contributed by atoms with Gasteiger partial charge in [0.25, 0.3) is 5.91 Å². The summed E-state index contributed by atoms with van der Waals surface area (Å²) in [5.74, 6) is -1.48. The van der Waals surface area contributed by atoms with Gasteiger partial charge in [-0.05, 0) is 37.3 Å². The number of hydrogen-bond acceptors (Lipinski definition) is 8. The summed E-state index contributed by atoms with van der Waals surface area (Å²) in [4.78, 5) is 22.7. The number of carbonyl (C=O) groups is 1. The molecule has 3 aromatic rings. The summed E-state index contributed by atoms with van der Waals surface area (Å²) < 4.78 is 39.1. The Morgan fingerprint density at radius 3 is 2.61 bits per heavy atom. The van der Waals surface area contributed by atoms with Gasteiger partial charge in [0.05, 0.1) is 35.1 Å². The first-order valence-electron chi connectivity index (χ1n) is 8.64. The van der Waals surface area contributed by atoms with Crippen molar-refractivity contribution < 1.29 is 17.6 Å². The van der Waals surface area contributed by atoms with Crippen molar-refractivity contribution >= 4 is 49.7 Å². The van der Waals surface area contributed by atoms with E-state index in [1.165, 1.54) is 6.20 Å². The van der Waals surface area contributed by atoms with Gasteiger partial charge in [0.2, 0.25) is 10.0 Å². The van der Waals surface area contributed by atoms with Crippen LogP contribution in [0.5, 0.6) is 0 Å². The Hall–Kier alpha value is -3.07. The van der Waals surface area contributed by atoms with Crippen LogP contribution in [0, 0.1) is 24.1 Å². The summed E-state index contributed by atoms with van der Waals surface area (Å²) in [6.07, 6.45) is 2.18. The summed E-state index contributed by atoms with van der Waals surface area (Å²) in [6, 6.07) is 9.64. The van der Waals surface area contributed by atoms with Crippen LogP contribution in [0.25, 0.3) is 0 Å². The number of thiazole rings is 1. The minimum absolute atomic E-state index is 0.0466. The molecule has 0 unspecified atom stereocenters. The minimum atomic E-state index is -3.77. The molecule has 2 aromatic heterocycles. The molecule has 0 saturated carbocycles. The number of nitrogens with one attached hydrogen (secondary N) is 1. The number of pyridine rings is 1. The lowest BCUT2D eigenvalue weighted by Crippen LogP contribution is -2.30. The largest absolute Gasteiger partial charge is 0.312 e. The van der Waals surface area contributed by atoms with E-state index in [0.29, 0.717) is 21.3 Å². The number of amides is 1. The zero-order valence-corrected chi connectivity index (χ0v) is 18.6. The quantitative estimate of drug-likeness (QED) is 0.574. The van der Waals surface area contributed by atoms with E-state index in [0.717, 1.165) is 23.7 Å². The first-order chi connectivity index (χ1) is 14.6. The molecule has 1 amide bonds. The Morgan fingerprint density at radius 2 is 2.03 bits per heavy atom. The van der Waals surface area contributed by atoms with Crippen LogP contribution in [0.3, 0.4) is 0 Å². The molecule has 0 aliphatic carbocycles. The fraction of sp³-hybridized carbons (Fsp3) is 0.158. The Bertz CT molecular complexity index is 1290. The van der Waals surface area contributed by atoms with Crippen molar-refractivity contribution in [3.63, 3.8) is 0 Å². The molecule has 0 radical (unpaired) electrons. The monoisotopic (exact) mass is 479 g/mol. The average molecular weight is 480 g/mol. The predicted molar refractivity (Wildman–Crippen MR) is 115 cm³/mol. The van der Waals surface area contributed by atoms with Gasteiger partial charge in [0.15, 0.2) is 5.13 Å². The highest BCUT2D eigenvalue weighted by molar-refractivity contribution is 7.89. The molecule has 0 spiro atoms. The fourth-order valence-corrected chi connectivity index (χ4v) is 4.12. The van der Waals surface area contributed by atoms with Crippen molar-refractivity contribution in [2.45, 2.75) is 13.5 Å². The van der Waals surface area contributed by atoms with Crippen molar-refractivity contribution in [3.05, 3.63) is 69.2 Å². The molecule has 1 N–H and O–H groups in total. The third kappa shape index (κ3) is 5.55. The summed E-state index contributed by atoms with van der Waals surface area (Å²) >= 11 is 6.91. The Balaban J connectivity index is 2.04. The normalized spacial score (nSPS) is 11.1. The van der Waals surface area contributed by atoms with Crippen molar-refractivity contribution in [1.82, 2.24) is 14.7 Å². The lowest BCUT2D eigenvalue weighted by molar-refractivity contribution is 0.0977. The highest BCUT2D eigenvalue weighted by Crippen LogP contribution is 2.33. The van der Waals surface area contributed by atoms with Gasteiger partial charge >= 0.3 is 0 Å². The van der Waals surface area contributed by atoms with Crippen LogP contribution in [0.15, 0.2) is 36.5 Å². The number of rotatable bonds is 6. The molecule has 160 valence electrons. The number of carbonyl (C=O) groups excluding carboxylic acids is 1. The van der Waals surface area contributed by atoms with Gasteiger partial charge < -0.3 is 4.90 Å². The number of anilines is 2. The Morgan fingerprint density at radius 1 is 1.35 bits per heavy atom. The van der Waals surface area contributed by atoms with Gasteiger partial charge in [-0.15, -0.1) is 11.3 Å². The number of benzene rings is 1. The van der Waals surface area contributed by atoms with Crippen LogP contribution in [-0.4, -0.2) is 30.5 Å². The third-order valence-corrected chi connectivity index (χ3v) is 5.77. The van der Waals surface area contributed by atoms with E-state index < -0.39 is 21.7 Å². The molecular formula is C19H15ClFN5O3S2. The minimum Gasteiger partial charge on any atom is -0.312 e. The molecular weight excluding hydrogens is 465 g/mol. The first-order valence-corrected chi connectivity index (χ1v) is 11.7. The highest BCUT2D eigenvalue weighted by atomic mass is 35.5. The van der Waals surface area contributed by atoms with Crippen LogP contribution >= 0.6 is 22.9 Å². The van der Waals surface area contributed by atoms with Crippen molar-refractivity contribution in [3.8, 4) is 6.07 Å². The second-order valence-corrected chi connectivity index (χ2v) is 9.80. The molecule has 8 nitrogen and oxygen atoms in total. The second-order valence-electron chi connectivity index (χ2n) is 6.43. The summed E-state index contributed by atoms with van der Waals surface area (Å²) in [7, 11) is -3.77. The molecule has 0 fully saturated rings. The number of nitrogens with zero attached hydrogens (tertiary/aromatic N) is 4. The number of hydrogen-bond donors (Lipinski definition) is 1. The summed E-state index contributed by atoms with van der Waals surface area (Å²) in [5.41, 5.74) is 1.03. The first kappa shape index (κ1) is 22.6. The SMILES string of the molecule is Cc1sc(N(Cc2ncc(Cl)cc2F)c2ccc(C#N)cc2)nc1C(=O)NS(C)(=O)=O. The highest BCUT2D eigenvalue weighted by Gasteiger charge is 2.23. The molecule has 0 atom stereocenters. The van der Waals surface area contributed by atoms with Crippen LogP contribution in [0.2, 0.25) is 5.02 Å². The number of sulfonamides is 1. The molecule has 3 rings (SSSR count). The Labute approximate surface area is 187 Å². The second kappa shape index (κ2) is 8.97. The van der Waals surface area contributed by atoms with E-state index >= 15 is 0 Å². The zero-order valence-electron chi connectivity index (χ0n) is 16.3. The van der Waals surface area contributed by atoms with Crippen LogP contribution < -0.4 is 9.62 Å². The van der Waals surface area contributed by atoms with Crippen LogP contribution in [0.1, 0.15) is 26.6 Å². The topological polar surface area (TPSA) is 116 Å². The van der Waals surface area contributed by atoms with Crippen molar-refractivity contribution in [2.24, 2.45) is 0 Å². The molecule has 31 heavy (non-hydrogen) atoms. The number of aromatic nitrogens is 2. The number of aryl methyl sites for hydroxylation is 1. The van der Waals surface area contributed by atoms with Gasteiger partial charge in [-0.3, -0.25) is 9.78 Å². The van der Waals surface area contributed by atoms with Crippen molar-refractivity contribution in [1.29, 1.82) is 5.26 Å². The maximum Gasteiger partial charge on any atom is 0.284 e. The van der Waals surface area contributed by atoms with Gasteiger partial charge in [-0.2, -0.15) is 5.26 Å². The third-order valence-electron chi connectivity index (χ3n) is 4.01. The van der Waals surface area contributed by atoms with E-state index in [1.807, 2.05) is 10.8 Å². The van der Waals surface area contributed by atoms with Crippen LogP contribution in [-0.2, 0) is 16.6 Å². The van der Waals surface area contributed by atoms with Crippen molar-refractivity contribution in [2.75, 3.05) is 11.2 Å². The summed E-state index contributed by atoms with van der Waals surface area (Å²) in [6.45, 7) is 1.57. The summed E-state index contributed by atoms with van der Waals surface area (Å²) in [5, 5.41) is 9.50. The van der Waals surface area contributed by atoms with Gasteiger partial charge in [-0.25, -0.2) is 22.5 Å². The lowest BCUT2D eigenvalue weighted by atomic mass is 10.2. The fourth-order valence-electron chi connectivity index (χ4n) is 2.62. The predicted octanol–water partition coefficient (Wildman–Crippen LogP) is 3.54.